The lowest BCUT2D eigenvalue weighted by molar-refractivity contribution is 0.0928. The first kappa shape index (κ1) is 17.1. The highest BCUT2D eigenvalue weighted by Gasteiger charge is 2.18. The molecule has 126 valence electrons. The third kappa shape index (κ3) is 3.53. The van der Waals surface area contributed by atoms with Gasteiger partial charge < -0.3 is 14.6 Å². The van der Waals surface area contributed by atoms with Crippen molar-refractivity contribution in [3.8, 4) is 0 Å². The van der Waals surface area contributed by atoms with Gasteiger partial charge in [0.15, 0.2) is 0 Å². The van der Waals surface area contributed by atoms with E-state index in [0.717, 1.165) is 20.3 Å². The molecule has 7 heteroatoms. The van der Waals surface area contributed by atoms with Gasteiger partial charge in [0.05, 0.1) is 21.3 Å². The molecule has 0 bridgehead atoms. The van der Waals surface area contributed by atoms with Crippen LogP contribution in [-0.4, -0.2) is 30.7 Å². The van der Waals surface area contributed by atoms with Crippen molar-refractivity contribution in [1.82, 2.24) is 9.88 Å². The molecule has 1 amide bonds. The van der Waals surface area contributed by atoms with Crippen LogP contribution in [0.5, 0.6) is 0 Å². The second-order valence-corrected chi connectivity index (χ2v) is 7.05. The maximum Gasteiger partial charge on any atom is 0.268 e. The van der Waals surface area contributed by atoms with Crippen molar-refractivity contribution in [2.75, 3.05) is 20.3 Å². The van der Waals surface area contributed by atoms with E-state index in [2.05, 4.69) is 21.2 Å². The monoisotopic (exact) mass is 410 g/mol. The van der Waals surface area contributed by atoms with Gasteiger partial charge in [0.2, 0.25) is 0 Å². The van der Waals surface area contributed by atoms with Crippen LogP contribution < -0.4 is 5.32 Å². The smallest absolute Gasteiger partial charge is 0.268 e. The van der Waals surface area contributed by atoms with Gasteiger partial charge in [-0.2, -0.15) is 0 Å². The van der Waals surface area contributed by atoms with E-state index in [1.807, 2.05) is 16.0 Å². The number of rotatable bonds is 6. The summed E-state index contributed by atoms with van der Waals surface area (Å²) < 4.78 is 22.0. The van der Waals surface area contributed by atoms with Crippen LogP contribution in [0.2, 0.25) is 0 Å². The second kappa shape index (κ2) is 7.46. The summed E-state index contributed by atoms with van der Waals surface area (Å²) in [6.07, 6.45) is 0. The van der Waals surface area contributed by atoms with Crippen LogP contribution in [0.4, 0.5) is 4.39 Å². The first-order valence-corrected chi connectivity index (χ1v) is 9.05. The fourth-order valence-electron chi connectivity index (χ4n) is 2.51. The fourth-order valence-corrected chi connectivity index (χ4v) is 4.21. The molecule has 0 saturated carbocycles. The minimum absolute atomic E-state index is 0.149. The minimum atomic E-state index is -0.273. The number of ether oxygens (including phenoxy) is 1. The van der Waals surface area contributed by atoms with Crippen LogP contribution in [0.15, 0.2) is 40.2 Å². The molecule has 0 spiro atoms. The normalized spacial score (nSPS) is 11.1. The van der Waals surface area contributed by atoms with Crippen LogP contribution >= 0.6 is 27.3 Å². The number of hydrogen-bond acceptors (Lipinski definition) is 3. The van der Waals surface area contributed by atoms with E-state index < -0.39 is 0 Å². The maximum absolute atomic E-state index is 13.1. The minimum Gasteiger partial charge on any atom is -0.383 e. The summed E-state index contributed by atoms with van der Waals surface area (Å²) in [5.41, 5.74) is 2.48. The van der Waals surface area contributed by atoms with E-state index in [-0.39, 0.29) is 11.7 Å². The first-order chi connectivity index (χ1) is 11.6. The van der Waals surface area contributed by atoms with Gasteiger partial charge in [0, 0.05) is 25.6 Å². The van der Waals surface area contributed by atoms with E-state index in [1.54, 1.807) is 30.6 Å². The Morgan fingerprint density at radius 1 is 1.38 bits per heavy atom. The highest BCUT2D eigenvalue weighted by molar-refractivity contribution is 9.10. The second-order valence-electron chi connectivity index (χ2n) is 5.29. The predicted octanol–water partition coefficient (Wildman–Crippen LogP) is 4.03. The van der Waals surface area contributed by atoms with Crippen molar-refractivity contribution in [3.63, 3.8) is 0 Å². The summed E-state index contributed by atoms with van der Waals surface area (Å²) in [7, 11) is 1.59. The van der Waals surface area contributed by atoms with Crippen LogP contribution in [0.3, 0.4) is 0 Å². The van der Waals surface area contributed by atoms with Crippen molar-refractivity contribution < 1.29 is 13.9 Å². The fraction of sp³-hybridized carbons (Fsp3) is 0.235. The van der Waals surface area contributed by atoms with Crippen molar-refractivity contribution in [2.45, 2.75) is 6.54 Å². The molecule has 0 fully saturated rings. The summed E-state index contributed by atoms with van der Waals surface area (Å²) in [4.78, 5) is 12.5. The molecule has 4 nitrogen and oxygen atoms in total. The number of nitrogens with zero attached hydrogens (tertiary/aromatic N) is 1. The molecule has 24 heavy (non-hydrogen) atoms. The standard InChI is InChI=1S/C17H16BrFN2O2S/c1-23-7-6-20-17(22)14-8-15-16(13(18)10-24-15)21(14)9-11-2-4-12(19)5-3-11/h2-5,8,10H,6-7,9H2,1H3,(H,20,22). The highest BCUT2D eigenvalue weighted by Crippen LogP contribution is 2.33. The Hall–Kier alpha value is -1.70. The summed E-state index contributed by atoms with van der Waals surface area (Å²) in [5, 5.41) is 4.85. The van der Waals surface area contributed by atoms with Crippen molar-refractivity contribution in [3.05, 3.63) is 57.3 Å². The molecule has 2 aromatic heterocycles. The van der Waals surface area contributed by atoms with E-state index in [4.69, 9.17) is 4.74 Å². The molecule has 0 aliphatic carbocycles. The zero-order chi connectivity index (χ0) is 17.1. The first-order valence-electron chi connectivity index (χ1n) is 7.38. The lowest BCUT2D eigenvalue weighted by Crippen LogP contribution is -2.29. The van der Waals surface area contributed by atoms with Gasteiger partial charge in [-0.3, -0.25) is 4.79 Å². The molecule has 0 aliphatic rings. The third-order valence-electron chi connectivity index (χ3n) is 3.66. The van der Waals surface area contributed by atoms with Crippen LogP contribution in [-0.2, 0) is 11.3 Å². The summed E-state index contributed by atoms with van der Waals surface area (Å²) in [6.45, 7) is 1.40. The molecule has 0 radical (unpaired) electrons. The molecule has 0 saturated heterocycles. The lowest BCUT2D eigenvalue weighted by atomic mass is 10.2. The van der Waals surface area contributed by atoms with Crippen molar-refractivity contribution in [1.29, 1.82) is 0 Å². The van der Waals surface area contributed by atoms with E-state index in [0.29, 0.717) is 25.4 Å². The van der Waals surface area contributed by atoms with E-state index >= 15 is 0 Å². The van der Waals surface area contributed by atoms with Gasteiger partial charge in [0.25, 0.3) is 5.91 Å². The van der Waals surface area contributed by atoms with E-state index in [1.165, 1.54) is 12.1 Å². The molecule has 0 atom stereocenters. The molecular formula is C17H16BrFN2O2S. The number of aromatic nitrogens is 1. The Morgan fingerprint density at radius 2 is 2.12 bits per heavy atom. The highest BCUT2D eigenvalue weighted by atomic mass is 79.9. The Morgan fingerprint density at radius 3 is 2.83 bits per heavy atom. The molecule has 1 aromatic carbocycles. The zero-order valence-corrected chi connectivity index (χ0v) is 15.4. The SMILES string of the molecule is COCCNC(=O)c1cc2scc(Br)c2n1Cc1ccc(F)cc1. The Balaban J connectivity index is 1.96. The van der Waals surface area contributed by atoms with Crippen molar-refractivity contribution in [2.24, 2.45) is 0 Å². The quantitative estimate of drug-likeness (QED) is 0.623. The van der Waals surface area contributed by atoms with Crippen LogP contribution in [0, 0.1) is 5.82 Å². The molecular weight excluding hydrogens is 395 g/mol. The maximum atomic E-state index is 13.1. The number of fused-ring (bicyclic) bond motifs is 1. The number of carbonyl (C=O) groups is 1. The molecule has 3 aromatic rings. The molecule has 0 unspecified atom stereocenters. The number of nitrogens with one attached hydrogen (secondary N) is 1. The van der Waals surface area contributed by atoms with Crippen LogP contribution in [0.25, 0.3) is 10.2 Å². The summed E-state index contributed by atoms with van der Waals surface area (Å²) in [5.74, 6) is -0.421. The zero-order valence-electron chi connectivity index (χ0n) is 13.0. The third-order valence-corrected chi connectivity index (χ3v) is 5.48. The average molecular weight is 411 g/mol. The topological polar surface area (TPSA) is 43.3 Å². The number of thiophene rings is 1. The van der Waals surface area contributed by atoms with Gasteiger partial charge in [-0.15, -0.1) is 11.3 Å². The van der Waals surface area contributed by atoms with Gasteiger partial charge in [-0.25, -0.2) is 4.39 Å². The summed E-state index contributed by atoms with van der Waals surface area (Å²) in [6, 6.07) is 8.20. The number of methoxy groups -OCH3 is 1. The molecule has 0 aliphatic heterocycles. The van der Waals surface area contributed by atoms with Crippen LogP contribution in [0.1, 0.15) is 16.1 Å². The summed E-state index contributed by atoms with van der Waals surface area (Å²) >= 11 is 5.12. The Kier molecular flexibility index (Phi) is 5.33. The Bertz CT molecular complexity index is 857. The van der Waals surface area contributed by atoms with Gasteiger partial charge in [0.1, 0.15) is 11.5 Å². The lowest BCUT2D eigenvalue weighted by Gasteiger charge is -2.11. The van der Waals surface area contributed by atoms with Gasteiger partial charge >= 0.3 is 0 Å². The van der Waals surface area contributed by atoms with Gasteiger partial charge in [-0.1, -0.05) is 12.1 Å². The number of carbonyl (C=O) groups excluding carboxylic acids is 1. The predicted molar refractivity (Wildman–Crippen MR) is 97.2 cm³/mol. The number of halogens is 2. The number of amides is 1. The number of hydrogen-bond donors (Lipinski definition) is 1. The van der Waals surface area contributed by atoms with Crippen molar-refractivity contribution >= 4 is 43.4 Å². The van der Waals surface area contributed by atoms with Gasteiger partial charge in [-0.05, 0) is 39.7 Å². The molecule has 3 rings (SSSR count). The molecule has 2 heterocycles. The van der Waals surface area contributed by atoms with E-state index in [9.17, 15) is 9.18 Å². The largest absolute Gasteiger partial charge is 0.383 e. The number of benzene rings is 1. The Labute approximate surface area is 151 Å². The molecule has 1 N–H and O–H groups in total. The average Bonchev–Trinajstić information content (AvgIpc) is 3.11.